The van der Waals surface area contributed by atoms with E-state index in [1.54, 1.807) is 7.05 Å². The lowest BCUT2D eigenvalue weighted by Gasteiger charge is -2.10. The fourth-order valence-electron chi connectivity index (χ4n) is 1.72. The van der Waals surface area contributed by atoms with Crippen molar-refractivity contribution in [1.82, 2.24) is 20.4 Å². The molecule has 118 valence electrons. The van der Waals surface area contributed by atoms with Crippen LogP contribution in [-0.4, -0.2) is 34.8 Å². The van der Waals surface area contributed by atoms with Gasteiger partial charge in [0, 0.05) is 20.1 Å². The SMILES string of the molecule is CCCCNC(=O)Nc1cnn(C)c1C(=O)NCC(C)C. The lowest BCUT2D eigenvalue weighted by Crippen LogP contribution is -2.32. The fraction of sp³-hybridized carbons (Fsp3) is 0.643. The number of carbonyl (C=O) groups is 2. The second-order valence-electron chi connectivity index (χ2n) is 5.37. The molecule has 0 aliphatic rings. The molecule has 1 aromatic heterocycles. The van der Waals surface area contributed by atoms with Crippen LogP contribution in [0.25, 0.3) is 0 Å². The maximum Gasteiger partial charge on any atom is 0.319 e. The summed E-state index contributed by atoms with van der Waals surface area (Å²) in [5.74, 6) is 0.114. The molecule has 7 heteroatoms. The van der Waals surface area contributed by atoms with E-state index in [1.807, 2.05) is 13.8 Å². The van der Waals surface area contributed by atoms with Crippen LogP contribution in [0.4, 0.5) is 10.5 Å². The number of aromatic nitrogens is 2. The molecule has 0 bridgehead atoms. The Kier molecular flexibility index (Phi) is 6.71. The minimum Gasteiger partial charge on any atom is -0.350 e. The molecular formula is C14H25N5O2. The van der Waals surface area contributed by atoms with Gasteiger partial charge >= 0.3 is 6.03 Å². The van der Waals surface area contributed by atoms with Crippen LogP contribution in [-0.2, 0) is 7.05 Å². The molecular weight excluding hydrogens is 270 g/mol. The van der Waals surface area contributed by atoms with Gasteiger partial charge in [0.25, 0.3) is 5.91 Å². The highest BCUT2D eigenvalue weighted by Gasteiger charge is 2.18. The Morgan fingerprint density at radius 3 is 2.67 bits per heavy atom. The summed E-state index contributed by atoms with van der Waals surface area (Å²) in [6.07, 6.45) is 3.40. The average molecular weight is 295 g/mol. The van der Waals surface area contributed by atoms with Gasteiger partial charge < -0.3 is 16.0 Å². The van der Waals surface area contributed by atoms with E-state index in [0.29, 0.717) is 30.4 Å². The summed E-state index contributed by atoms with van der Waals surface area (Å²) in [7, 11) is 1.67. The van der Waals surface area contributed by atoms with Gasteiger partial charge in [-0.25, -0.2) is 4.79 Å². The van der Waals surface area contributed by atoms with Crippen molar-refractivity contribution in [3.05, 3.63) is 11.9 Å². The first-order valence-electron chi connectivity index (χ1n) is 7.30. The van der Waals surface area contributed by atoms with Gasteiger partial charge in [-0.15, -0.1) is 0 Å². The average Bonchev–Trinajstić information content (AvgIpc) is 2.77. The van der Waals surface area contributed by atoms with Crippen molar-refractivity contribution in [3.8, 4) is 0 Å². The molecule has 0 atom stereocenters. The summed E-state index contributed by atoms with van der Waals surface area (Å²) in [4.78, 5) is 23.9. The second kappa shape index (κ2) is 8.28. The Morgan fingerprint density at radius 1 is 1.33 bits per heavy atom. The van der Waals surface area contributed by atoms with Crippen LogP contribution in [0.1, 0.15) is 44.1 Å². The predicted octanol–water partition coefficient (Wildman–Crippen LogP) is 1.73. The molecule has 0 aromatic carbocycles. The maximum atomic E-state index is 12.2. The van der Waals surface area contributed by atoms with Crippen molar-refractivity contribution in [1.29, 1.82) is 0 Å². The van der Waals surface area contributed by atoms with Gasteiger partial charge in [0.2, 0.25) is 0 Å². The zero-order chi connectivity index (χ0) is 15.8. The quantitative estimate of drug-likeness (QED) is 0.669. The van der Waals surface area contributed by atoms with Gasteiger partial charge in [-0.05, 0) is 12.3 Å². The van der Waals surface area contributed by atoms with Crippen LogP contribution >= 0.6 is 0 Å². The monoisotopic (exact) mass is 295 g/mol. The van der Waals surface area contributed by atoms with Gasteiger partial charge in [-0.3, -0.25) is 9.48 Å². The van der Waals surface area contributed by atoms with Gasteiger partial charge in [0.1, 0.15) is 5.69 Å². The number of hydrogen-bond donors (Lipinski definition) is 3. The molecule has 1 rings (SSSR count). The smallest absolute Gasteiger partial charge is 0.319 e. The molecule has 0 radical (unpaired) electrons. The zero-order valence-corrected chi connectivity index (χ0v) is 13.2. The predicted molar refractivity (Wildman–Crippen MR) is 82.3 cm³/mol. The zero-order valence-electron chi connectivity index (χ0n) is 13.2. The Bertz CT molecular complexity index is 482. The highest BCUT2D eigenvalue weighted by atomic mass is 16.2. The van der Waals surface area contributed by atoms with E-state index in [0.717, 1.165) is 12.8 Å². The topological polar surface area (TPSA) is 88.1 Å². The second-order valence-corrected chi connectivity index (χ2v) is 5.37. The van der Waals surface area contributed by atoms with Crippen LogP contribution in [0.5, 0.6) is 0 Å². The minimum atomic E-state index is -0.325. The summed E-state index contributed by atoms with van der Waals surface area (Å²) in [6.45, 7) is 7.27. The van der Waals surface area contributed by atoms with Crippen molar-refractivity contribution < 1.29 is 9.59 Å². The summed E-state index contributed by atoms with van der Waals surface area (Å²) >= 11 is 0. The molecule has 0 saturated carbocycles. The van der Waals surface area contributed by atoms with Gasteiger partial charge in [0.05, 0.1) is 11.9 Å². The third-order valence-electron chi connectivity index (χ3n) is 2.89. The molecule has 0 fully saturated rings. The maximum absolute atomic E-state index is 12.2. The molecule has 7 nitrogen and oxygen atoms in total. The molecule has 1 aromatic rings. The van der Waals surface area contributed by atoms with Crippen LogP contribution < -0.4 is 16.0 Å². The molecule has 0 aliphatic carbocycles. The molecule has 0 saturated heterocycles. The first kappa shape index (κ1) is 17.0. The van der Waals surface area contributed by atoms with E-state index in [1.165, 1.54) is 10.9 Å². The minimum absolute atomic E-state index is 0.243. The van der Waals surface area contributed by atoms with E-state index >= 15 is 0 Å². The van der Waals surface area contributed by atoms with Gasteiger partial charge in [-0.1, -0.05) is 27.2 Å². The van der Waals surface area contributed by atoms with Crippen molar-refractivity contribution in [3.63, 3.8) is 0 Å². The number of urea groups is 1. The standard InChI is InChI=1S/C14H25N5O2/c1-5-6-7-15-14(21)18-11-9-17-19(4)12(11)13(20)16-8-10(2)3/h9-10H,5-8H2,1-4H3,(H,16,20)(H2,15,18,21). The largest absolute Gasteiger partial charge is 0.350 e. The molecule has 0 unspecified atom stereocenters. The molecule has 1 heterocycles. The van der Waals surface area contributed by atoms with Crippen LogP contribution in [0.2, 0.25) is 0 Å². The summed E-state index contributed by atoms with van der Waals surface area (Å²) in [5, 5.41) is 12.3. The number of carbonyl (C=O) groups excluding carboxylic acids is 2. The third kappa shape index (κ3) is 5.45. The number of amides is 3. The van der Waals surface area contributed by atoms with Gasteiger partial charge in [-0.2, -0.15) is 5.10 Å². The number of nitrogens with one attached hydrogen (secondary N) is 3. The molecule has 3 N–H and O–H groups in total. The van der Waals surface area contributed by atoms with Crippen molar-refractivity contribution in [2.75, 3.05) is 18.4 Å². The Hall–Kier alpha value is -2.05. The van der Waals surface area contributed by atoms with Gasteiger partial charge in [0.15, 0.2) is 0 Å². The third-order valence-corrected chi connectivity index (χ3v) is 2.89. The number of rotatable bonds is 7. The number of hydrogen-bond acceptors (Lipinski definition) is 3. The Morgan fingerprint density at radius 2 is 2.05 bits per heavy atom. The van der Waals surface area contributed by atoms with Crippen molar-refractivity contribution in [2.24, 2.45) is 13.0 Å². The highest BCUT2D eigenvalue weighted by molar-refractivity contribution is 6.02. The summed E-state index contributed by atoms with van der Waals surface area (Å²) in [6, 6.07) is -0.325. The van der Waals surface area contributed by atoms with Crippen LogP contribution in [0, 0.1) is 5.92 Å². The molecule has 0 spiro atoms. The summed E-state index contributed by atoms with van der Waals surface area (Å²) < 4.78 is 1.46. The normalized spacial score (nSPS) is 10.5. The first-order chi connectivity index (χ1) is 9.95. The van der Waals surface area contributed by atoms with E-state index in [9.17, 15) is 9.59 Å². The lowest BCUT2D eigenvalue weighted by molar-refractivity contribution is 0.0940. The van der Waals surface area contributed by atoms with E-state index in [-0.39, 0.29) is 11.9 Å². The Labute approximate surface area is 125 Å². The van der Waals surface area contributed by atoms with E-state index in [2.05, 4.69) is 28.0 Å². The van der Waals surface area contributed by atoms with Crippen LogP contribution in [0.3, 0.4) is 0 Å². The van der Waals surface area contributed by atoms with Crippen molar-refractivity contribution >= 4 is 17.6 Å². The molecule has 21 heavy (non-hydrogen) atoms. The van der Waals surface area contributed by atoms with E-state index in [4.69, 9.17) is 0 Å². The number of aryl methyl sites for hydroxylation is 1. The number of nitrogens with zero attached hydrogens (tertiary/aromatic N) is 2. The summed E-state index contributed by atoms with van der Waals surface area (Å²) in [5.41, 5.74) is 0.758. The molecule has 3 amide bonds. The number of unbranched alkanes of at least 4 members (excludes halogenated alkanes) is 1. The fourth-order valence-corrected chi connectivity index (χ4v) is 1.72. The van der Waals surface area contributed by atoms with Crippen LogP contribution in [0.15, 0.2) is 6.20 Å². The lowest BCUT2D eigenvalue weighted by atomic mass is 10.2. The molecule has 0 aliphatic heterocycles. The van der Waals surface area contributed by atoms with E-state index < -0.39 is 0 Å². The highest BCUT2D eigenvalue weighted by Crippen LogP contribution is 2.13. The van der Waals surface area contributed by atoms with Crippen molar-refractivity contribution in [2.45, 2.75) is 33.6 Å². The number of anilines is 1. The first-order valence-corrected chi connectivity index (χ1v) is 7.30. The Balaban J connectivity index is 2.67.